The van der Waals surface area contributed by atoms with E-state index in [0.29, 0.717) is 5.03 Å². The molecule has 0 aromatic carbocycles. The minimum Gasteiger partial charge on any atom is -0.465 e. The van der Waals surface area contributed by atoms with Crippen molar-refractivity contribution in [3.8, 4) is 0 Å². The Kier molecular flexibility index (Phi) is 3.07. The molecule has 0 saturated carbocycles. The maximum absolute atomic E-state index is 11.2. The number of nitrogens with zero attached hydrogens (tertiary/aromatic N) is 2. The van der Waals surface area contributed by atoms with Crippen molar-refractivity contribution in [2.24, 2.45) is 0 Å². The highest BCUT2D eigenvalue weighted by atomic mass is 32.2. The quantitative estimate of drug-likeness (QED) is 0.426. The van der Waals surface area contributed by atoms with Crippen LogP contribution in [0.5, 0.6) is 0 Å². The summed E-state index contributed by atoms with van der Waals surface area (Å²) in [5.41, 5.74) is 5.74. The molecule has 0 fully saturated rings. The summed E-state index contributed by atoms with van der Waals surface area (Å²) < 4.78 is 4.55. The van der Waals surface area contributed by atoms with E-state index >= 15 is 0 Å². The maximum atomic E-state index is 11.2. The van der Waals surface area contributed by atoms with Crippen LogP contribution in [0.3, 0.4) is 0 Å². The van der Waals surface area contributed by atoms with Gasteiger partial charge in [-0.3, -0.25) is 0 Å². The van der Waals surface area contributed by atoms with Gasteiger partial charge >= 0.3 is 5.97 Å². The van der Waals surface area contributed by atoms with Crippen LogP contribution in [-0.2, 0) is 4.74 Å². The average Bonchev–Trinajstić information content (AvgIpc) is 2.16. The highest BCUT2D eigenvalue weighted by Crippen LogP contribution is 2.21. The van der Waals surface area contributed by atoms with E-state index in [0.717, 1.165) is 0 Å². The maximum Gasteiger partial charge on any atom is 0.344 e. The zero-order valence-corrected chi connectivity index (χ0v) is 8.09. The van der Waals surface area contributed by atoms with E-state index in [2.05, 4.69) is 14.7 Å². The van der Waals surface area contributed by atoms with Gasteiger partial charge in [0.05, 0.1) is 7.11 Å². The number of nitrogens with two attached hydrogens (primary N) is 1. The van der Waals surface area contributed by atoms with Gasteiger partial charge in [-0.05, 0) is 6.26 Å². The second-order valence-electron chi connectivity index (χ2n) is 2.13. The normalized spacial score (nSPS) is 9.69. The van der Waals surface area contributed by atoms with Crippen molar-refractivity contribution >= 4 is 23.5 Å². The minimum atomic E-state index is -0.512. The van der Waals surface area contributed by atoms with Crippen molar-refractivity contribution in [3.63, 3.8) is 0 Å². The molecule has 13 heavy (non-hydrogen) atoms. The monoisotopic (exact) mass is 199 g/mol. The number of anilines is 1. The number of thioether (sulfide) groups is 1. The van der Waals surface area contributed by atoms with Crippen LogP contribution in [0.2, 0.25) is 0 Å². The van der Waals surface area contributed by atoms with Crippen LogP contribution in [0, 0.1) is 0 Å². The van der Waals surface area contributed by atoms with Gasteiger partial charge < -0.3 is 10.5 Å². The highest BCUT2D eigenvalue weighted by molar-refractivity contribution is 7.98. The molecule has 0 atom stereocenters. The lowest BCUT2D eigenvalue weighted by Gasteiger charge is -2.05. The zero-order valence-electron chi connectivity index (χ0n) is 7.27. The average molecular weight is 199 g/mol. The number of rotatable bonds is 2. The fourth-order valence-corrected chi connectivity index (χ4v) is 1.38. The van der Waals surface area contributed by atoms with Crippen LogP contribution < -0.4 is 5.73 Å². The number of hydrogen-bond acceptors (Lipinski definition) is 6. The number of aromatic nitrogens is 2. The molecule has 1 heterocycles. The molecule has 6 heteroatoms. The van der Waals surface area contributed by atoms with Gasteiger partial charge in [0.1, 0.15) is 22.7 Å². The second kappa shape index (κ2) is 4.08. The topological polar surface area (TPSA) is 78.1 Å². The third-order valence-corrected chi connectivity index (χ3v) is 2.12. The molecule has 2 N–H and O–H groups in total. The molecule has 70 valence electrons. The van der Waals surface area contributed by atoms with Gasteiger partial charge in [-0.1, -0.05) is 0 Å². The highest BCUT2D eigenvalue weighted by Gasteiger charge is 2.16. The van der Waals surface area contributed by atoms with Gasteiger partial charge in [0.15, 0.2) is 0 Å². The number of carbonyl (C=O) groups excluding carboxylic acids is 1. The standard InChI is InChI=1S/C7H9N3O2S/c1-12-7(11)4-5(8)9-3-10-6(4)13-2/h3H,1-2H3,(H2,8,9,10). The number of ether oxygens (including phenoxy) is 1. The van der Waals surface area contributed by atoms with E-state index in [4.69, 9.17) is 5.73 Å². The van der Waals surface area contributed by atoms with Crippen molar-refractivity contribution in [1.29, 1.82) is 0 Å². The van der Waals surface area contributed by atoms with Crippen molar-refractivity contribution in [2.45, 2.75) is 5.03 Å². The van der Waals surface area contributed by atoms with Gasteiger partial charge in [0.2, 0.25) is 0 Å². The predicted octanol–water partition coefficient (Wildman–Crippen LogP) is 0.567. The smallest absolute Gasteiger partial charge is 0.344 e. The van der Waals surface area contributed by atoms with E-state index in [1.54, 1.807) is 6.26 Å². The first-order valence-corrected chi connectivity index (χ1v) is 4.66. The molecule has 0 saturated heterocycles. The van der Waals surface area contributed by atoms with Crippen molar-refractivity contribution in [3.05, 3.63) is 11.9 Å². The Hall–Kier alpha value is -1.30. The first kappa shape index (κ1) is 9.79. The third kappa shape index (κ3) is 1.89. The molecule has 5 nitrogen and oxygen atoms in total. The fraction of sp³-hybridized carbons (Fsp3) is 0.286. The lowest BCUT2D eigenvalue weighted by Crippen LogP contribution is -2.10. The first-order chi connectivity index (χ1) is 6.20. The van der Waals surface area contributed by atoms with Crippen LogP contribution in [0.1, 0.15) is 10.4 Å². The van der Waals surface area contributed by atoms with Gasteiger partial charge in [0.25, 0.3) is 0 Å². The fourth-order valence-electron chi connectivity index (χ4n) is 0.831. The minimum absolute atomic E-state index is 0.145. The molecule has 1 aromatic heterocycles. The molecule has 0 amide bonds. The molecule has 1 rings (SSSR count). The van der Waals surface area contributed by atoms with E-state index in [1.165, 1.54) is 25.2 Å². The molecule has 0 bridgehead atoms. The Balaban J connectivity index is 3.22. The van der Waals surface area contributed by atoms with E-state index in [-0.39, 0.29) is 11.4 Å². The van der Waals surface area contributed by atoms with Crippen molar-refractivity contribution < 1.29 is 9.53 Å². The number of methoxy groups -OCH3 is 1. The number of hydrogen-bond donors (Lipinski definition) is 1. The summed E-state index contributed by atoms with van der Waals surface area (Å²) in [6, 6.07) is 0. The van der Waals surface area contributed by atoms with Crippen LogP contribution in [0.4, 0.5) is 5.82 Å². The molecule has 0 aliphatic carbocycles. The van der Waals surface area contributed by atoms with Gasteiger partial charge in [-0.25, -0.2) is 14.8 Å². The Morgan fingerprint density at radius 3 is 2.85 bits per heavy atom. The van der Waals surface area contributed by atoms with Crippen molar-refractivity contribution in [2.75, 3.05) is 19.1 Å². The number of esters is 1. The van der Waals surface area contributed by atoms with Crippen LogP contribution in [0.15, 0.2) is 11.4 Å². The molecule has 0 aliphatic rings. The second-order valence-corrected chi connectivity index (χ2v) is 2.93. The van der Waals surface area contributed by atoms with E-state index < -0.39 is 5.97 Å². The molecule has 1 aromatic rings. The van der Waals surface area contributed by atoms with E-state index in [9.17, 15) is 4.79 Å². The summed E-state index contributed by atoms with van der Waals surface area (Å²) in [7, 11) is 1.29. The van der Waals surface area contributed by atoms with E-state index in [1.807, 2.05) is 0 Å². The number of carbonyl (C=O) groups is 1. The summed E-state index contributed by atoms with van der Waals surface area (Å²) in [6.45, 7) is 0. The van der Waals surface area contributed by atoms with Crippen molar-refractivity contribution in [1.82, 2.24) is 9.97 Å². The summed E-state index contributed by atoms with van der Waals surface area (Å²) in [5, 5.41) is 0.527. The summed E-state index contributed by atoms with van der Waals surface area (Å²) in [6.07, 6.45) is 3.11. The summed E-state index contributed by atoms with van der Waals surface area (Å²) in [5.74, 6) is -0.367. The lowest BCUT2D eigenvalue weighted by atomic mass is 10.3. The number of nitrogen functional groups attached to an aromatic ring is 1. The van der Waals surface area contributed by atoms with Crippen LogP contribution in [-0.4, -0.2) is 29.3 Å². The summed E-state index contributed by atoms with van der Waals surface area (Å²) >= 11 is 1.32. The zero-order chi connectivity index (χ0) is 9.84. The Morgan fingerprint density at radius 1 is 1.62 bits per heavy atom. The Labute approximate surface area is 79.7 Å². The van der Waals surface area contributed by atoms with Gasteiger partial charge in [-0.15, -0.1) is 11.8 Å². The lowest BCUT2D eigenvalue weighted by molar-refractivity contribution is 0.0596. The molecule has 0 spiro atoms. The molecule has 0 unspecified atom stereocenters. The molecular formula is C7H9N3O2S. The van der Waals surface area contributed by atoms with Gasteiger partial charge in [0, 0.05) is 0 Å². The Morgan fingerprint density at radius 2 is 2.31 bits per heavy atom. The summed E-state index contributed by atoms with van der Waals surface area (Å²) in [4.78, 5) is 18.8. The molecule has 0 radical (unpaired) electrons. The van der Waals surface area contributed by atoms with Crippen LogP contribution in [0.25, 0.3) is 0 Å². The van der Waals surface area contributed by atoms with Crippen LogP contribution >= 0.6 is 11.8 Å². The molecule has 0 aliphatic heterocycles. The Bertz CT molecular complexity index is 330. The largest absolute Gasteiger partial charge is 0.465 e. The predicted molar refractivity (Wildman–Crippen MR) is 49.6 cm³/mol. The SMILES string of the molecule is COC(=O)c1c(N)ncnc1SC. The first-order valence-electron chi connectivity index (χ1n) is 3.43. The van der Waals surface area contributed by atoms with Gasteiger partial charge in [-0.2, -0.15) is 0 Å². The molecular weight excluding hydrogens is 190 g/mol. The third-order valence-electron chi connectivity index (χ3n) is 1.42.